The van der Waals surface area contributed by atoms with Gasteiger partial charge in [0.05, 0.1) is 12.2 Å². The van der Waals surface area contributed by atoms with Crippen molar-refractivity contribution in [2.75, 3.05) is 11.9 Å². The molecule has 7 heteroatoms. The summed E-state index contributed by atoms with van der Waals surface area (Å²) in [6.45, 7) is 4.50. The van der Waals surface area contributed by atoms with Crippen molar-refractivity contribution in [2.24, 2.45) is 0 Å². The molecule has 7 nitrogen and oxygen atoms in total. The van der Waals surface area contributed by atoms with Crippen LogP contribution in [0.15, 0.2) is 67.4 Å². The lowest BCUT2D eigenvalue weighted by Crippen LogP contribution is -2.28. The van der Waals surface area contributed by atoms with Gasteiger partial charge < -0.3 is 10.6 Å². The smallest absolute Gasteiger partial charge is 0.222 e. The first kappa shape index (κ1) is 19.6. The number of rotatable bonds is 7. The minimum atomic E-state index is -0.0869. The highest BCUT2D eigenvalue weighted by molar-refractivity contribution is 5.79. The number of benzene rings is 1. The van der Waals surface area contributed by atoms with E-state index in [0.29, 0.717) is 13.0 Å². The molecule has 0 aliphatic heterocycles. The van der Waals surface area contributed by atoms with Gasteiger partial charge in [0, 0.05) is 43.3 Å². The summed E-state index contributed by atoms with van der Waals surface area (Å²) in [6, 6.07) is 12.0. The van der Waals surface area contributed by atoms with E-state index in [2.05, 4.69) is 51.8 Å². The van der Waals surface area contributed by atoms with E-state index in [1.807, 2.05) is 29.7 Å². The fourth-order valence-corrected chi connectivity index (χ4v) is 3.31. The van der Waals surface area contributed by atoms with Gasteiger partial charge in [-0.25, -0.2) is 4.98 Å². The molecule has 0 unspecified atom stereocenters. The van der Waals surface area contributed by atoms with Crippen LogP contribution in [-0.4, -0.2) is 31.8 Å². The fraction of sp³-hybridized carbons (Fsp3) is 0.217. The standard InChI is InChI=1S/C23H24N6O/c1-16-5-7-18(8-6-16)22-23(29-13-12-25-15-20(29)28-22)26-11-9-21(30)27-17(2)19-4-3-10-24-14-19/h3-8,10,12-15,17,26H,9,11H2,1-2H3,(H,27,30)/t17-/m0/s1. The van der Waals surface area contributed by atoms with Gasteiger partial charge in [-0.15, -0.1) is 0 Å². The van der Waals surface area contributed by atoms with Gasteiger partial charge in [-0.1, -0.05) is 35.9 Å². The summed E-state index contributed by atoms with van der Waals surface area (Å²) < 4.78 is 1.96. The van der Waals surface area contributed by atoms with E-state index in [-0.39, 0.29) is 11.9 Å². The van der Waals surface area contributed by atoms with Crippen LogP contribution in [0.1, 0.15) is 30.5 Å². The maximum atomic E-state index is 12.4. The summed E-state index contributed by atoms with van der Waals surface area (Å²) >= 11 is 0. The Morgan fingerprint density at radius 2 is 1.90 bits per heavy atom. The van der Waals surface area contributed by atoms with Crippen molar-refractivity contribution in [3.63, 3.8) is 0 Å². The highest BCUT2D eigenvalue weighted by Gasteiger charge is 2.15. The molecule has 152 valence electrons. The SMILES string of the molecule is Cc1ccc(-c2nc3cnccn3c2NCCC(=O)N[C@@H](C)c2cccnc2)cc1. The number of anilines is 1. The highest BCUT2D eigenvalue weighted by Crippen LogP contribution is 2.28. The zero-order chi connectivity index (χ0) is 20.9. The Labute approximate surface area is 175 Å². The molecule has 3 aromatic heterocycles. The van der Waals surface area contributed by atoms with Crippen LogP contribution in [0.5, 0.6) is 0 Å². The Morgan fingerprint density at radius 1 is 1.10 bits per heavy atom. The monoisotopic (exact) mass is 400 g/mol. The summed E-state index contributed by atoms with van der Waals surface area (Å²) in [4.78, 5) is 25.4. The molecule has 4 aromatic rings. The Bertz CT molecular complexity index is 1140. The Kier molecular flexibility index (Phi) is 5.70. The third-order valence-corrected chi connectivity index (χ3v) is 4.96. The highest BCUT2D eigenvalue weighted by atomic mass is 16.1. The summed E-state index contributed by atoms with van der Waals surface area (Å²) in [5.41, 5.74) is 4.78. The number of aromatic nitrogens is 4. The molecule has 0 radical (unpaired) electrons. The summed E-state index contributed by atoms with van der Waals surface area (Å²) in [5.74, 6) is 0.829. The van der Waals surface area contributed by atoms with Crippen LogP contribution in [-0.2, 0) is 4.79 Å². The third-order valence-electron chi connectivity index (χ3n) is 4.96. The van der Waals surface area contributed by atoms with Gasteiger partial charge in [-0.2, -0.15) is 0 Å². The van der Waals surface area contributed by atoms with E-state index in [1.54, 1.807) is 24.8 Å². The van der Waals surface area contributed by atoms with E-state index < -0.39 is 0 Å². The quantitative estimate of drug-likeness (QED) is 0.493. The van der Waals surface area contributed by atoms with Crippen molar-refractivity contribution in [1.82, 2.24) is 24.7 Å². The molecule has 3 heterocycles. The molecule has 4 rings (SSSR count). The molecule has 0 fully saturated rings. The minimum Gasteiger partial charge on any atom is -0.369 e. The van der Waals surface area contributed by atoms with Crippen LogP contribution >= 0.6 is 0 Å². The molecule has 1 aromatic carbocycles. The Morgan fingerprint density at radius 3 is 2.67 bits per heavy atom. The second-order valence-corrected chi connectivity index (χ2v) is 7.23. The van der Waals surface area contributed by atoms with E-state index in [1.165, 1.54) is 5.56 Å². The first-order valence-corrected chi connectivity index (χ1v) is 9.94. The number of pyridine rings is 1. The maximum absolute atomic E-state index is 12.4. The van der Waals surface area contributed by atoms with Crippen molar-refractivity contribution >= 4 is 17.4 Å². The number of carbonyl (C=O) groups is 1. The second-order valence-electron chi connectivity index (χ2n) is 7.23. The van der Waals surface area contributed by atoms with Crippen LogP contribution < -0.4 is 10.6 Å². The largest absolute Gasteiger partial charge is 0.369 e. The third kappa shape index (κ3) is 4.30. The lowest BCUT2D eigenvalue weighted by molar-refractivity contribution is -0.121. The number of nitrogens with zero attached hydrogens (tertiary/aromatic N) is 4. The molecular weight excluding hydrogens is 376 g/mol. The van der Waals surface area contributed by atoms with Crippen molar-refractivity contribution in [1.29, 1.82) is 0 Å². The molecule has 0 aliphatic carbocycles. The molecule has 0 saturated heterocycles. The van der Waals surface area contributed by atoms with Gasteiger partial charge in [0.25, 0.3) is 0 Å². The van der Waals surface area contributed by atoms with Crippen molar-refractivity contribution < 1.29 is 4.79 Å². The lowest BCUT2D eigenvalue weighted by Gasteiger charge is -2.14. The molecule has 0 saturated carbocycles. The van der Waals surface area contributed by atoms with Crippen molar-refractivity contribution in [3.05, 3.63) is 78.5 Å². The van der Waals surface area contributed by atoms with Crippen molar-refractivity contribution in [3.8, 4) is 11.3 Å². The number of fused-ring (bicyclic) bond motifs is 1. The zero-order valence-electron chi connectivity index (χ0n) is 17.0. The number of aryl methyl sites for hydroxylation is 1. The van der Waals surface area contributed by atoms with Gasteiger partial charge in [0.2, 0.25) is 5.91 Å². The molecule has 2 N–H and O–H groups in total. The first-order valence-electron chi connectivity index (χ1n) is 9.94. The predicted octanol–water partition coefficient (Wildman–Crippen LogP) is 3.78. The van der Waals surface area contributed by atoms with Gasteiger partial charge in [0.1, 0.15) is 11.5 Å². The van der Waals surface area contributed by atoms with Crippen LogP contribution in [0, 0.1) is 6.92 Å². The molecule has 0 spiro atoms. The van der Waals surface area contributed by atoms with E-state index in [9.17, 15) is 4.79 Å². The minimum absolute atomic E-state index is 0.0220. The van der Waals surface area contributed by atoms with Crippen LogP contribution in [0.3, 0.4) is 0 Å². The topological polar surface area (TPSA) is 84.2 Å². The van der Waals surface area contributed by atoms with Gasteiger partial charge in [0.15, 0.2) is 5.65 Å². The summed E-state index contributed by atoms with van der Waals surface area (Å²) in [5, 5.41) is 6.41. The molecular formula is C23H24N6O. The average Bonchev–Trinajstić information content (AvgIpc) is 3.13. The van der Waals surface area contributed by atoms with Gasteiger partial charge in [-0.05, 0) is 25.5 Å². The number of nitrogens with one attached hydrogen (secondary N) is 2. The summed E-state index contributed by atoms with van der Waals surface area (Å²) in [7, 11) is 0. The Balaban J connectivity index is 1.46. The molecule has 1 atom stereocenters. The number of hydrogen-bond donors (Lipinski definition) is 2. The molecule has 0 aliphatic rings. The molecule has 0 bridgehead atoms. The van der Waals surface area contributed by atoms with Gasteiger partial charge in [-0.3, -0.25) is 19.2 Å². The normalized spacial score (nSPS) is 11.9. The number of hydrogen-bond acceptors (Lipinski definition) is 5. The predicted molar refractivity (Wildman–Crippen MR) is 117 cm³/mol. The zero-order valence-corrected chi connectivity index (χ0v) is 17.0. The lowest BCUT2D eigenvalue weighted by atomic mass is 10.1. The maximum Gasteiger partial charge on any atom is 0.222 e. The first-order chi connectivity index (χ1) is 14.6. The Hall–Kier alpha value is -3.74. The van der Waals surface area contributed by atoms with Crippen molar-refractivity contribution in [2.45, 2.75) is 26.3 Å². The van der Waals surface area contributed by atoms with Gasteiger partial charge >= 0.3 is 0 Å². The summed E-state index contributed by atoms with van der Waals surface area (Å²) in [6.07, 6.45) is 9.15. The number of carbonyl (C=O) groups excluding carboxylic acids is 1. The fourth-order valence-electron chi connectivity index (χ4n) is 3.31. The van der Waals surface area contributed by atoms with Crippen LogP contribution in [0.4, 0.5) is 5.82 Å². The average molecular weight is 400 g/mol. The van der Waals surface area contributed by atoms with Crippen LogP contribution in [0.2, 0.25) is 0 Å². The van der Waals surface area contributed by atoms with E-state index in [0.717, 1.165) is 28.3 Å². The number of amides is 1. The van der Waals surface area contributed by atoms with Crippen LogP contribution in [0.25, 0.3) is 16.9 Å². The molecule has 30 heavy (non-hydrogen) atoms. The second kappa shape index (κ2) is 8.73. The molecule has 1 amide bonds. The number of imidazole rings is 1. The van der Waals surface area contributed by atoms with E-state index in [4.69, 9.17) is 4.98 Å². The van der Waals surface area contributed by atoms with E-state index >= 15 is 0 Å².